The van der Waals surface area contributed by atoms with E-state index >= 15 is 0 Å². The number of anilines is 1. The van der Waals surface area contributed by atoms with Crippen LogP contribution in [-0.2, 0) is 4.79 Å². The molecule has 1 atom stereocenters. The van der Waals surface area contributed by atoms with Crippen LogP contribution in [0, 0.1) is 0 Å². The number of carbonyl (C=O) groups excluding carboxylic acids is 2. The SMILES string of the molecule is O=C1NC(=O)C2(CCN(c3ccnc4ccccc34)C2)N1. The van der Waals surface area contributed by atoms with E-state index in [4.69, 9.17) is 0 Å². The zero-order chi connectivity index (χ0) is 14.4. The molecule has 0 saturated carbocycles. The lowest BCUT2D eigenvalue weighted by Gasteiger charge is -2.23. The minimum atomic E-state index is -0.790. The zero-order valence-electron chi connectivity index (χ0n) is 11.3. The lowest BCUT2D eigenvalue weighted by Crippen LogP contribution is -2.49. The number of nitrogens with one attached hydrogen (secondary N) is 2. The van der Waals surface area contributed by atoms with Gasteiger partial charge in [-0.1, -0.05) is 18.2 Å². The molecule has 2 aliphatic rings. The summed E-state index contributed by atoms with van der Waals surface area (Å²) in [6.45, 7) is 1.21. The molecule has 0 radical (unpaired) electrons. The molecule has 1 aromatic heterocycles. The molecule has 6 heteroatoms. The highest BCUT2D eigenvalue weighted by Crippen LogP contribution is 2.32. The number of carbonyl (C=O) groups is 2. The van der Waals surface area contributed by atoms with Crippen LogP contribution in [0.25, 0.3) is 10.9 Å². The van der Waals surface area contributed by atoms with Crippen LogP contribution in [0.4, 0.5) is 10.5 Å². The first-order valence-corrected chi connectivity index (χ1v) is 6.90. The Hall–Kier alpha value is -2.63. The lowest BCUT2D eigenvalue weighted by molar-refractivity contribution is -0.123. The number of imide groups is 1. The van der Waals surface area contributed by atoms with Crippen LogP contribution >= 0.6 is 0 Å². The average Bonchev–Trinajstić information content (AvgIpc) is 3.03. The molecular formula is C15H14N4O2. The van der Waals surface area contributed by atoms with Gasteiger partial charge in [0.1, 0.15) is 5.54 Å². The smallest absolute Gasteiger partial charge is 0.322 e. The second-order valence-electron chi connectivity index (χ2n) is 5.51. The van der Waals surface area contributed by atoms with Crippen molar-refractivity contribution in [1.82, 2.24) is 15.6 Å². The Bertz CT molecular complexity index is 755. The van der Waals surface area contributed by atoms with Crippen LogP contribution in [0.2, 0.25) is 0 Å². The molecule has 1 aromatic carbocycles. The van der Waals surface area contributed by atoms with Crippen molar-refractivity contribution in [2.24, 2.45) is 0 Å². The van der Waals surface area contributed by atoms with Crippen molar-refractivity contribution in [3.63, 3.8) is 0 Å². The van der Waals surface area contributed by atoms with Gasteiger partial charge in [-0.25, -0.2) is 4.79 Å². The molecule has 106 valence electrons. The quantitative estimate of drug-likeness (QED) is 0.766. The molecule has 2 N–H and O–H groups in total. The van der Waals surface area contributed by atoms with Gasteiger partial charge in [0.05, 0.1) is 12.1 Å². The number of fused-ring (bicyclic) bond motifs is 1. The topological polar surface area (TPSA) is 74.3 Å². The third-order valence-electron chi connectivity index (χ3n) is 4.25. The predicted octanol–water partition coefficient (Wildman–Crippen LogP) is 1.02. The first-order chi connectivity index (χ1) is 10.2. The van der Waals surface area contributed by atoms with Gasteiger partial charge in [0.15, 0.2) is 0 Å². The van der Waals surface area contributed by atoms with E-state index in [1.807, 2.05) is 30.3 Å². The second kappa shape index (κ2) is 4.18. The number of hydrogen-bond donors (Lipinski definition) is 2. The monoisotopic (exact) mass is 282 g/mol. The summed E-state index contributed by atoms with van der Waals surface area (Å²) in [5.41, 5.74) is 1.18. The highest BCUT2D eigenvalue weighted by Gasteiger charge is 2.50. The Morgan fingerprint density at radius 3 is 2.86 bits per heavy atom. The van der Waals surface area contributed by atoms with E-state index in [1.54, 1.807) is 6.20 Å². The largest absolute Gasteiger partial charge is 0.368 e. The fourth-order valence-electron chi connectivity index (χ4n) is 3.19. The highest BCUT2D eigenvalue weighted by molar-refractivity contribution is 6.08. The molecule has 0 bridgehead atoms. The Balaban J connectivity index is 1.72. The minimum absolute atomic E-state index is 0.228. The molecule has 1 spiro atoms. The molecule has 2 aromatic rings. The van der Waals surface area contributed by atoms with Crippen molar-refractivity contribution in [2.75, 3.05) is 18.0 Å². The lowest BCUT2D eigenvalue weighted by atomic mass is 9.99. The normalized spacial score (nSPS) is 24.7. The second-order valence-corrected chi connectivity index (χ2v) is 5.51. The van der Waals surface area contributed by atoms with E-state index in [2.05, 4.69) is 20.5 Å². The van der Waals surface area contributed by atoms with Gasteiger partial charge < -0.3 is 10.2 Å². The first kappa shape index (κ1) is 12.1. The summed E-state index contributed by atoms with van der Waals surface area (Å²) in [5.74, 6) is -0.228. The number of pyridine rings is 1. The summed E-state index contributed by atoms with van der Waals surface area (Å²) < 4.78 is 0. The number of amides is 3. The standard InChI is InChI=1S/C15H14N4O2/c20-13-15(18-14(21)17-13)6-8-19(9-15)12-5-7-16-11-4-2-1-3-10(11)12/h1-5,7H,6,8-9H2,(H2,17,18,20,21). The Kier molecular flexibility index (Phi) is 2.42. The van der Waals surface area contributed by atoms with Gasteiger partial charge in [0.2, 0.25) is 0 Å². The Morgan fingerprint density at radius 2 is 2.05 bits per heavy atom. The summed E-state index contributed by atoms with van der Waals surface area (Å²) in [6.07, 6.45) is 2.39. The molecule has 3 amide bonds. The maximum atomic E-state index is 12.0. The van der Waals surface area contributed by atoms with Crippen LogP contribution in [0.5, 0.6) is 0 Å². The molecule has 2 fully saturated rings. The summed E-state index contributed by atoms with van der Waals surface area (Å²) in [5, 5.41) is 6.16. The van der Waals surface area contributed by atoms with Gasteiger partial charge in [0, 0.05) is 23.8 Å². The van der Waals surface area contributed by atoms with Crippen molar-refractivity contribution < 1.29 is 9.59 Å². The van der Waals surface area contributed by atoms with Crippen LogP contribution in [0.1, 0.15) is 6.42 Å². The molecule has 2 saturated heterocycles. The number of hydrogen-bond acceptors (Lipinski definition) is 4. The summed E-state index contributed by atoms with van der Waals surface area (Å²) in [4.78, 5) is 29.9. The predicted molar refractivity (Wildman–Crippen MR) is 78.0 cm³/mol. The van der Waals surface area contributed by atoms with Crippen molar-refractivity contribution in [3.05, 3.63) is 36.5 Å². The van der Waals surface area contributed by atoms with Crippen molar-refractivity contribution in [2.45, 2.75) is 12.0 Å². The van der Waals surface area contributed by atoms with E-state index in [-0.39, 0.29) is 5.91 Å². The molecule has 3 heterocycles. The van der Waals surface area contributed by atoms with E-state index in [1.165, 1.54) is 0 Å². The highest BCUT2D eigenvalue weighted by atomic mass is 16.2. The molecule has 1 unspecified atom stereocenters. The van der Waals surface area contributed by atoms with Gasteiger partial charge in [-0.3, -0.25) is 15.1 Å². The van der Waals surface area contributed by atoms with Crippen LogP contribution < -0.4 is 15.5 Å². The number of benzene rings is 1. The fourth-order valence-corrected chi connectivity index (χ4v) is 3.19. The molecule has 6 nitrogen and oxygen atoms in total. The molecule has 21 heavy (non-hydrogen) atoms. The number of urea groups is 1. The van der Waals surface area contributed by atoms with E-state index in [0.29, 0.717) is 13.0 Å². The molecule has 2 aliphatic heterocycles. The van der Waals surface area contributed by atoms with Crippen molar-refractivity contribution in [1.29, 1.82) is 0 Å². The van der Waals surface area contributed by atoms with Crippen LogP contribution in [0.15, 0.2) is 36.5 Å². The third-order valence-corrected chi connectivity index (χ3v) is 4.25. The van der Waals surface area contributed by atoms with Crippen LogP contribution in [0.3, 0.4) is 0 Å². The van der Waals surface area contributed by atoms with Gasteiger partial charge in [-0.2, -0.15) is 0 Å². The summed E-state index contributed by atoms with van der Waals surface area (Å²) in [7, 11) is 0. The summed E-state index contributed by atoms with van der Waals surface area (Å²) in [6, 6.07) is 9.47. The maximum absolute atomic E-state index is 12.0. The van der Waals surface area contributed by atoms with Gasteiger partial charge in [-0.05, 0) is 18.6 Å². The van der Waals surface area contributed by atoms with E-state index < -0.39 is 11.6 Å². The Morgan fingerprint density at radius 1 is 1.19 bits per heavy atom. The number of para-hydroxylation sites is 1. The average molecular weight is 282 g/mol. The van der Waals surface area contributed by atoms with Gasteiger partial charge >= 0.3 is 6.03 Å². The first-order valence-electron chi connectivity index (χ1n) is 6.90. The number of nitrogens with zero attached hydrogens (tertiary/aromatic N) is 2. The third kappa shape index (κ3) is 1.75. The minimum Gasteiger partial charge on any atom is -0.368 e. The number of aromatic nitrogens is 1. The maximum Gasteiger partial charge on any atom is 0.322 e. The Labute approximate surface area is 121 Å². The molecule has 4 rings (SSSR count). The molecule has 0 aliphatic carbocycles. The zero-order valence-corrected chi connectivity index (χ0v) is 11.3. The summed E-state index contributed by atoms with van der Waals surface area (Å²) >= 11 is 0. The fraction of sp³-hybridized carbons (Fsp3) is 0.267. The molecular weight excluding hydrogens is 268 g/mol. The van der Waals surface area contributed by atoms with Crippen molar-refractivity contribution >= 4 is 28.5 Å². The van der Waals surface area contributed by atoms with E-state index in [9.17, 15) is 9.59 Å². The van der Waals surface area contributed by atoms with Gasteiger partial charge in [0.25, 0.3) is 5.91 Å². The number of rotatable bonds is 1. The van der Waals surface area contributed by atoms with Crippen LogP contribution in [-0.4, -0.2) is 35.6 Å². The van der Waals surface area contributed by atoms with E-state index in [0.717, 1.165) is 23.1 Å². The van der Waals surface area contributed by atoms with Crippen molar-refractivity contribution in [3.8, 4) is 0 Å². The van der Waals surface area contributed by atoms with Gasteiger partial charge in [-0.15, -0.1) is 0 Å².